The average molecular weight is 252 g/mol. The van der Waals surface area contributed by atoms with Crippen LogP contribution in [0.4, 0.5) is 5.69 Å². The second-order valence-corrected chi connectivity index (χ2v) is 10.8. The summed E-state index contributed by atoms with van der Waals surface area (Å²) in [5.41, 5.74) is 0.699. The van der Waals surface area contributed by atoms with E-state index in [4.69, 9.17) is 4.74 Å². The molecule has 1 aromatic rings. The predicted octanol–water partition coefficient (Wildman–Crippen LogP) is 3.25. The molecule has 0 fully saturated rings. The van der Waals surface area contributed by atoms with E-state index in [2.05, 4.69) is 25.7 Å². The summed E-state index contributed by atoms with van der Waals surface area (Å²) in [7, 11) is -1.10. The number of rotatable bonds is 6. The van der Waals surface area contributed by atoms with E-state index < -0.39 is 8.07 Å². The molecular formula is C12H18NO3Si. The standard InChI is InChI=1S/C12H18NO3Si/c1-17(2,3)9-8-16-10-11-6-4-5-7-12(11)13(14)15/h5-7H,8-10H2,1-3H3. The zero-order chi connectivity index (χ0) is 12.9. The van der Waals surface area contributed by atoms with Gasteiger partial charge in [-0.3, -0.25) is 10.1 Å². The van der Waals surface area contributed by atoms with Gasteiger partial charge in [0.2, 0.25) is 0 Å². The fourth-order valence-corrected chi connectivity index (χ4v) is 2.07. The van der Waals surface area contributed by atoms with Crippen molar-refractivity contribution in [2.24, 2.45) is 0 Å². The molecule has 0 amide bonds. The largest absolute Gasteiger partial charge is 0.377 e. The van der Waals surface area contributed by atoms with Crippen LogP contribution in [0.5, 0.6) is 0 Å². The first-order valence-corrected chi connectivity index (χ1v) is 9.32. The van der Waals surface area contributed by atoms with Crippen molar-refractivity contribution in [2.45, 2.75) is 32.3 Å². The van der Waals surface area contributed by atoms with Gasteiger partial charge in [-0.05, 0) is 24.2 Å². The first-order chi connectivity index (χ1) is 7.90. The summed E-state index contributed by atoms with van der Waals surface area (Å²) in [6, 6.07) is 8.52. The number of benzene rings is 1. The molecule has 93 valence electrons. The molecule has 0 heterocycles. The zero-order valence-electron chi connectivity index (χ0n) is 10.5. The normalized spacial score (nSPS) is 11.5. The lowest BCUT2D eigenvalue weighted by molar-refractivity contribution is -0.385. The third-order valence-corrected chi connectivity index (χ3v) is 4.08. The van der Waals surface area contributed by atoms with Gasteiger partial charge in [-0.15, -0.1) is 0 Å². The van der Waals surface area contributed by atoms with Crippen molar-refractivity contribution in [1.82, 2.24) is 0 Å². The summed E-state index contributed by atoms with van der Waals surface area (Å²) in [6.45, 7) is 7.78. The van der Waals surface area contributed by atoms with Crippen LogP contribution < -0.4 is 0 Å². The molecule has 4 nitrogen and oxygen atoms in total. The molecule has 17 heavy (non-hydrogen) atoms. The molecule has 0 bridgehead atoms. The van der Waals surface area contributed by atoms with Crippen LogP contribution in [0.15, 0.2) is 18.2 Å². The first-order valence-electron chi connectivity index (χ1n) is 5.61. The van der Waals surface area contributed by atoms with E-state index >= 15 is 0 Å². The van der Waals surface area contributed by atoms with Gasteiger partial charge in [0.15, 0.2) is 0 Å². The molecule has 0 saturated heterocycles. The van der Waals surface area contributed by atoms with Crippen molar-refractivity contribution in [2.75, 3.05) is 6.61 Å². The molecule has 0 N–H and O–H groups in total. The highest BCUT2D eigenvalue weighted by Gasteiger charge is 2.14. The second kappa shape index (κ2) is 5.93. The Morgan fingerprint density at radius 1 is 1.47 bits per heavy atom. The van der Waals surface area contributed by atoms with E-state index in [1.807, 2.05) is 0 Å². The van der Waals surface area contributed by atoms with Crippen molar-refractivity contribution in [3.63, 3.8) is 0 Å². The molecule has 5 heteroatoms. The highest BCUT2D eigenvalue weighted by molar-refractivity contribution is 6.76. The third kappa shape index (κ3) is 5.10. The molecule has 0 unspecified atom stereocenters. The van der Waals surface area contributed by atoms with Crippen LogP contribution in [0.2, 0.25) is 25.7 Å². The van der Waals surface area contributed by atoms with Crippen LogP contribution in [0.1, 0.15) is 5.56 Å². The molecule has 0 saturated carbocycles. The second-order valence-electron chi connectivity index (χ2n) is 5.18. The van der Waals surface area contributed by atoms with Gasteiger partial charge in [0.05, 0.1) is 17.1 Å². The third-order valence-electron chi connectivity index (χ3n) is 2.37. The Morgan fingerprint density at radius 2 is 2.18 bits per heavy atom. The highest BCUT2D eigenvalue weighted by atomic mass is 28.3. The fraction of sp³-hybridized carbons (Fsp3) is 0.500. The van der Waals surface area contributed by atoms with Crippen molar-refractivity contribution < 1.29 is 9.66 Å². The molecule has 0 spiro atoms. The number of hydrogen-bond donors (Lipinski definition) is 0. The Balaban J connectivity index is 2.49. The lowest BCUT2D eigenvalue weighted by atomic mass is 10.2. The lowest BCUT2D eigenvalue weighted by Crippen LogP contribution is -2.21. The van der Waals surface area contributed by atoms with E-state index in [1.165, 1.54) is 6.07 Å². The van der Waals surface area contributed by atoms with Gasteiger partial charge in [0.1, 0.15) is 0 Å². The molecule has 0 aliphatic heterocycles. The number of hydrogen-bond acceptors (Lipinski definition) is 3. The average Bonchev–Trinajstić information content (AvgIpc) is 2.23. The Bertz CT molecular complexity index is 388. The maximum absolute atomic E-state index is 10.8. The Hall–Kier alpha value is -1.20. The fourth-order valence-electron chi connectivity index (χ4n) is 1.31. The minimum atomic E-state index is -1.10. The number of nitrogens with zero attached hydrogens (tertiary/aromatic N) is 1. The van der Waals surface area contributed by atoms with Gasteiger partial charge in [-0.1, -0.05) is 19.6 Å². The van der Waals surface area contributed by atoms with Crippen LogP contribution in [0, 0.1) is 16.2 Å². The molecule has 1 aromatic carbocycles. The van der Waals surface area contributed by atoms with E-state index in [-0.39, 0.29) is 17.2 Å². The topological polar surface area (TPSA) is 52.4 Å². The van der Waals surface area contributed by atoms with E-state index in [0.717, 1.165) is 6.04 Å². The SMILES string of the molecule is C[Si](C)(C)CCOCc1c[c]ccc1[N+](=O)[O-]. The summed E-state index contributed by atoms with van der Waals surface area (Å²) in [4.78, 5) is 10.4. The van der Waals surface area contributed by atoms with E-state index in [9.17, 15) is 10.1 Å². The summed E-state index contributed by atoms with van der Waals surface area (Å²) in [5, 5.41) is 10.8. The Labute approximate surface area is 103 Å². The molecular weight excluding hydrogens is 234 g/mol. The lowest BCUT2D eigenvalue weighted by Gasteiger charge is -2.15. The summed E-state index contributed by atoms with van der Waals surface area (Å²) >= 11 is 0. The van der Waals surface area contributed by atoms with Crippen LogP contribution >= 0.6 is 0 Å². The molecule has 0 aliphatic carbocycles. The maximum Gasteiger partial charge on any atom is 0.274 e. The van der Waals surface area contributed by atoms with E-state index in [0.29, 0.717) is 12.2 Å². The van der Waals surface area contributed by atoms with Crippen molar-refractivity contribution in [3.05, 3.63) is 39.9 Å². The van der Waals surface area contributed by atoms with Crippen molar-refractivity contribution in [3.8, 4) is 0 Å². The van der Waals surface area contributed by atoms with Gasteiger partial charge in [0.25, 0.3) is 5.69 Å². The first kappa shape index (κ1) is 13.9. The Morgan fingerprint density at radius 3 is 2.76 bits per heavy atom. The van der Waals surface area contributed by atoms with Gasteiger partial charge < -0.3 is 4.74 Å². The van der Waals surface area contributed by atoms with Crippen LogP contribution in [0.3, 0.4) is 0 Å². The highest BCUT2D eigenvalue weighted by Crippen LogP contribution is 2.18. The zero-order valence-corrected chi connectivity index (χ0v) is 11.5. The van der Waals surface area contributed by atoms with E-state index in [1.54, 1.807) is 12.1 Å². The molecule has 1 rings (SSSR count). The van der Waals surface area contributed by atoms with Crippen LogP contribution in [0.25, 0.3) is 0 Å². The number of ether oxygens (including phenoxy) is 1. The van der Waals surface area contributed by atoms with Crippen molar-refractivity contribution in [1.29, 1.82) is 0 Å². The number of nitro groups is 1. The molecule has 1 radical (unpaired) electrons. The minimum absolute atomic E-state index is 0.108. The smallest absolute Gasteiger partial charge is 0.274 e. The predicted molar refractivity (Wildman–Crippen MR) is 69.7 cm³/mol. The maximum atomic E-state index is 10.8. The summed E-state index contributed by atoms with van der Waals surface area (Å²) < 4.78 is 5.50. The van der Waals surface area contributed by atoms with Crippen LogP contribution in [-0.4, -0.2) is 19.6 Å². The van der Waals surface area contributed by atoms with Crippen LogP contribution in [-0.2, 0) is 11.3 Å². The quantitative estimate of drug-likeness (QED) is 0.338. The van der Waals surface area contributed by atoms with Crippen molar-refractivity contribution >= 4 is 13.8 Å². The van der Waals surface area contributed by atoms with Gasteiger partial charge >= 0.3 is 0 Å². The van der Waals surface area contributed by atoms with Gasteiger partial charge in [-0.25, -0.2) is 0 Å². The summed E-state index contributed by atoms with van der Waals surface area (Å²) in [5.74, 6) is 0. The molecule has 0 aromatic heterocycles. The summed E-state index contributed by atoms with van der Waals surface area (Å²) in [6.07, 6.45) is 0. The molecule has 0 aliphatic rings. The number of nitro benzene ring substituents is 1. The Kier molecular flexibility index (Phi) is 4.83. The minimum Gasteiger partial charge on any atom is -0.377 e. The monoisotopic (exact) mass is 252 g/mol. The van der Waals surface area contributed by atoms with Gasteiger partial charge in [-0.2, -0.15) is 0 Å². The van der Waals surface area contributed by atoms with Gasteiger partial charge in [0, 0.05) is 20.7 Å². The molecule has 0 atom stereocenters.